The monoisotopic (exact) mass is 397 g/mol. The molecule has 0 saturated carbocycles. The Hall–Kier alpha value is -1.65. The molecule has 1 aromatic carbocycles. The van der Waals surface area contributed by atoms with Gasteiger partial charge in [-0.25, -0.2) is 17.8 Å². The molecule has 11 heteroatoms. The zero-order valence-corrected chi connectivity index (χ0v) is 15.2. The summed E-state index contributed by atoms with van der Waals surface area (Å²) in [5, 5.41) is -0.719. The lowest BCUT2D eigenvalue weighted by molar-refractivity contribution is 0.0530. The van der Waals surface area contributed by atoms with Gasteiger partial charge in [0.25, 0.3) is 9.05 Å². The average molecular weight is 398 g/mol. The zero-order valence-electron chi connectivity index (χ0n) is 12.8. The van der Waals surface area contributed by atoms with E-state index >= 15 is 0 Å². The molecule has 0 unspecified atom stereocenters. The molecule has 2 rings (SSSR count). The normalized spacial score (nSPS) is 13.2. The van der Waals surface area contributed by atoms with E-state index < -0.39 is 46.4 Å². The van der Waals surface area contributed by atoms with Crippen molar-refractivity contribution in [3.8, 4) is 0 Å². The van der Waals surface area contributed by atoms with Gasteiger partial charge in [-0.1, -0.05) is 12.1 Å². The molecule has 24 heavy (non-hydrogen) atoms. The van der Waals surface area contributed by atoms with Crippen LogP contribution in [0.4, 0.5) is 8.68 Å². The number of para-hydroxylation sites is 1. The summed E-state index contributed by atoms with van der Waals surface area (Å²) >= 11 is 0. The molecular weight excluding hydrogens is 385 g/mol. The number of benzene rings is 1. The van der Waals surface area contributed by atoms with Crippen LogP contribution in [-0.2, 0) is 24.0 Å². The molecule has 0 aliphatic carbocycles. The van der Waals surface area contributed by atoms with Crippen molar-refractivity contribution in [2.45, 2.75) is 36.3 Å². The summed E-state index contributed by atoms with van der Waals surface area (Å²) in [7, 11) is -4.35. The Kier molecular flexibility index (Phi) is 4.45. The van der Waals surface area contributed by atoms with E-state index in [-0.39, 0.29) is 5.39 Å². The van der Waals surface area contributed by atoms with Crippen molar-refractivity contribution in [3.63, 3.8) is 0 Å². The molecule has 0 atom stereocenters. The van der Waals surface area contributed by atoms with E-state index in [9.17, 15) is 25.5 Å². The van der Waals surface area contributed by atoms with E-state index in [0.717, 1.165) is 12.1 Å². The van der Waals surface area contributed by atoms with Crippen LogP contribution in [0.3, 0.4) is 0 Å². The summed E-state index contributed by atoms with van der Waals surface area (Å²) in [5.74, 6) is 0. The van der Waals surface area contributed by atoms with E-state index in [1.807, 2.05) is 0 Å². The van der Waals surface area contributed by atoms with Crippen molar-refractivity contribution >= 4 is 47.0 Å². The fourth-order valence-electron chi connectivity index (χ4n) is 2.07. The molecule has 0 saturated heterocycles. The van der Waals surface area contributed by atoms with E-state index in [1.54, 1.807) is 0 Å². The molecule has 0 N–H and O–H groups in total. The third kappa shape index (κ3) is 3.70. The highest BCUT2D eigenvalue weighted by molar-refractivity contribution is 8.13. The fraction of sp³-hybridized carbons (Fsp3) is 0.308. The molecule has 0 radical (unpaired) electrons. The van der Waals surface area contributed by atoms with Crippen LogP contribution in [0.25, 0.3) is 10.9 Å². The number of hydrogen-bond acceptors (Lipinski definition) is 6. The van der Waals surface area contributed by atoms with E-state index in [4.69, 9.17) is 15.4 Å². The highest BCUT2D eigenvalue weighted by Crippen LogP contribution is 2.32. The van der Waals surface area contributed by atoms with Gasteiger partial charge in [0, 0.05) is 16.1 Å². The van der Waals surface area contributed by atoms with Crippen LogP contribution in [-0.4, -0.2) is 33.1 Å². The molecule has 1 heterocycles. The lowest BCUT2D eigenvalue weighted by atomic mass is 10.2. The topological polar surface area (TPSA) is 99.5 Å². The van der Waals surface area contributed by atoms with Crippen molar-refractivity contribution < 1.29 is 30.3 Å². The van der Waals surface area contributed by atoms with Gasteiger partial charge in [-0.3, -0.25) is 0 Å². The largest absolute Gasteiger partial charge is 0.443 e. The van der Waals surface area contributed by atoms with Gasteiger partial charge in [-0.05, 0) is 32.9 Å². The average Bonchev–Trinajstić information content (AvgIpc) is 2.74. The number of nitrogens with zero attached hydrogens (tertiary/aromatic N) is 1. The number of fused-ring (bicyclic) bond motifs is 1. The van der Waals surface area contributed by atoms with Gasteiger partial charge in [0.05, 0.1) is 5.52 Å². The molecule has 1 aromatic heterocycles. The first-order chi connectivity index (χ1) is 10.7. The lowest BCUT2D eigenvalue weighted by Crippen LogP contribution is -2.28. The summed E-state index contributed by atoms with van der Waals surface area (Å²) in [6, 6.07) is 4.40. The Labute approximate surface area is 142 Å². The minimum absolute atomic E-state index is 0.00110. The van der Waals surface area contributed by atoms with E-state index in [0.29, 0.717) is 4.57 Å². The highest BCUT2D eigenvalue weighted by atomic mass is 35.7. The minimum atomic E-state index is -5.23. The Bertz CT molecular complexity index is 1030. The maximum Gasteiger partial charge on any atom is 0.420 e. The van der Waals surface area contributed by atoms with Crippen LogP contribution >= 0.6 is 10.7 Å². The quantitative estimate of drug-likeness (QED) is 0.722. The molecule has 7 nitrogen and oxygen atoms in total. The smallest absolute Gasteiger partial charge is 0.420 e. The summed E-state index contributed by atoms with van der Waals surface area (Å²) in [5.41, 5.74) is -1.47. The second-order valence-corrected chi connectivity index (χ2v) is 9.70. The van der Waals surface area contributed by atoms with Gasteiger partial charge in [0.2, 0.25) is 0 Å². The van der Waals surface area contributed by atoms with Gasteiger partial charge in [0.1, 0.15) is 10.5 Å². The Balaban J connectivity index is 2.95. The van der Waals surface area contributed by atoms with Crippen molar-refractivity contribution in [3.05, 3.63) is 24.3 Å². The summed E-state index contributed by atoms with van der Waals surface area (Å²) in [6.45, 7) is 4.58. The van der Waals surface area contributed by atoms with Crippen LogP contribution in [0, 0.1) is 0 Å². The molecule has 0 aliphatic heterocycles. The predicted octanol–water partition coefficient (Wildman–Crippen LogP) is 3.01. The van der Waals surface area contributed by atoms with Crippen molar-refractivity contribution in [2.24, 2.45) is 0 Å². The third-order valence-corrected chi connectivity index (χ3v) is 4.97. The number of halogens is 2. The first kappa shape index (κ1) is 18.7. The first-order valence-electron chi connectivity index (χ1n) is 6.49. The molecule has 132 valence electrons. The Morgan fingerprint density at radius 1 is 1.21 bits per heavy atom. The fourth-order valence-corrected chi connectivity index (χ4v) is 3.74. The molecule has 2 aromatic rings. The maximum atomic E-state index is 13.6. The molecule has 0 amide bonds. The summed E-state index contributed by atoms with van der Waals surface area (Å²) in [6.07, 6.45) is -1.20. The maximum absolute atomic E-state index is 13.6. The molecule has 0 bridgehead atoms. The van der Waals surface area contributed by atoms with Crippen molar-refractivity contribution in [1.29, 1.82) is 0 Å². The summed E-state index contributed by atoms with van der Waals surface area (Å²) in [4.78, 5) is 11.5. The highest BCUT2D eigenvalue weighted by Gasteiger charge is 2.31. The molecular formula is C13H13ClFNO6S2. The second kappa shape index (κ2) is 5.71. The van der Waals surface area contributed by atoms with E-state index in [1.165, 1.54) is 32.9 Å². The number of carbonyl (C=O) groups is 1. The van der Waals surface area contributed by atoms with Crippen LogP contribution in [0.5, 0.6) is 0 Å². The minimum Gasteiger partial charge on any atom is -0.443 e. The lowest BCUT2D eigenvalue weighted by Gasteiger charge is -2.20. The third-order valence-electron chi connectivity index (χ3n) is 2.84. The number of ether oxygens (including phenoxy) is 1. The van der Waals surface area contributed by atoms with Gasteiger partial charge in [0.15, 0.2) is 5.03 Å². The Morgan fingerprint density at radius 3 is 2.25 bits per heavy atom. The van der Waals surface area contributed by atoms with E-state index in [2.05, 4.69) is 0 Å². The van der Waals surface area contributed by atoms with Crippen LogP contribution in [0.2, 0.25) is 0 Å². The van der Waals surface area contributed by atoms with Crippen LogP contribution in [0.15, 0.2) is 34.2 Å². The molecule has 0 spiro atoms. The van der Waals surface area contributed by atoms with Crippen molar-refractivity contribution in [1.82, 2.24) is 4.57 Å². The number of carbonyl (C=O) groups excluding carboxylic acids is 1. The zero-order chi connectivity index (χ0) is 18.5. The summed E-state index contributed by atoms with van der Waals surface area (Å²) < 4.78 is 65.3. The number of rotatable bonds is 2. The standard InChI is InChI=1S/C13H13ClFNO6S2/c1-13(2,3)22-12(17)16-10(23(14,18)19)7-8-5-4-6-9(11(8)16)24(15,20)21/h4-7H,1-3H3. The molecule has 0 fully saturated rings. The van der Waals surface area contributed by atoms with Crippen LogP contribution in [0.1, 0.15) is 20.8 Å². The van der Waals surface area contributed by atoms with Gasteiger partial charge < -0.3 is 4.74 Å². The second-order valence-electron chi connectivity index (χ2n) is 5.87. The van der Waals surface area contributed by atoms with Gasteiger partial charge >= 0.3 is 16.3 Å². The van der Waals surface area contributed by atoms with Crippen LogP contribution < -0.4 is 0 Å². The number of hydrogen-bond donors (Lipinski definition) is 0. The molecule has 0 aliphatic rings. The first-order valence-corrected chi connectivity index (χ1v) is 10.2. The SMILES string of the molecule is CC(C)(C)OC(=O)n1c(S(=O)(=O)Cl)cc2cccc(S(=O)(=O)F)c21. The Morgan fingerprint density at radius 2 is 1.79 bits per heavy atom. The predicted molar refractivity (Wildman–Crippen MR) is 84.9 cm³/mol. The van der Waals surface area contributed by atoms with Gasteiger partial charge in [-0.15, -0.1) is 3.89 Å². The number of aromatic nitrogens is 1. The van der Waals surface area contributed by atoms with Crippen molar-refractivity contribution in [2.75, 3.05) is 0 Å². The van der Waals surface area contributed by atoms with Gasteiger partial charge in [-0.2, -0.15) is 8.42 Å².